The molecule has 0 fully saturated rings. The average molecular weight is 530 g/mol. The zero-order valence-corrected chi connectivity index (χ0v) is 22.3. The van der Waals surface area contributed by atoms with Gasteiger partial charge in [-0.2, -0.15) is 5.10 Å². The van der Waals surface area contributed by atoms with Crippen molar-refractivity contribution < 1.29 is 19.1 Å². The van der Waals surface area contributed by atoms with Crippen LogP contribution in [0.3, 0.4) is 0 Å². The fraction of sp³-hybridized carbons (Fsp3) is 0.556. The normalized spacial score (nSPS) is 19.6. The lowest BCUT2D eigenvalue weighted by molar-refractivity contribution is -0.122. The van der Waals surface area contributed by atoms with E-state index in [9.17, 15) is 14.4 Å². The molecule has 3 amide bonds. The van der Waals surface area contributed by atoms with Gasteiger partial charge >= 0.3 is 0 Å². The molecule has 2 heterocycles. The summed E-state index contributed by atoms with van der Waals surface area (Å²) in [5.74, 6) is -0.0286. The molecular weight excluding hydrogens is 494 g/mol. The smallest absolute Gasteiger partial charge is 0.275 e. The molecule has 37 heavy (non-hydrogen) atoms. The SMILES string of the molecule is CC(C)C[C@H]1COc2ccc(Cl)cc2C(=O)NCCCCN(C(=O)c2n[nH]c3c2CCCC3)CC(=O)N1. The van der Waals surface area contributed by atoms with E-state index in [2.05, 4.69) is 34.7 Å². The number of halogens is 1. The molecule has 2 aliphatic rings. The molecule has 0 saturated carbocycles. The molecule has 0 unspecified atom stereocenters. The molecule has 0 spiro atoms. The molecule has 1 atom stereocenters. The van der Waals surface area contributed by atoms with Crippen LogP contribution in [0, 0.1) is 5.92 Å². The van der Waals surface area contributed by atoms with Crippen molar-refractivity contribution in [1.29, 1.82) is 0 Å². The molecule has 1 aromatic carbocycles. The number of benzene rings is 1. The fourth-order valence-electron chi connectivity index (χ4n) is 4.96. The number of nitrogens with zero attached hydrogens (tertiary/aromatic N) is 2. The number of aromatic amines is 1. The highest BCUT2D eigenvalue weighted by Crippen LogP contribution is 2.25. The Bertz CT molecular complexity index is 1130. The molecule has 1 aliphatic carbocycles. The number of aromatic nitrogens is 2. The Morgan fingerprint density at radius 1 is 1.19 bits per heavy atom. The van der Waals surface area contributed by atoms with Crippen LogP contribution < -0.4 is 15.4 Å². The monoisotopic (exact) mass is 529 g/mol. The van der Waals surface area contributed by atoms with Crippen molar-refractivity contribution in [2.45, 2.75) is 64.8 Å². The van der Waals surface area contributed by atoms with E-state index in [1.165, 1.54) is 0 Å². The quantitative estimate of drug-likeness (QED) is 0.562. The maximum absolute atomic E-state index is 13.5. The van der Waals surface area contributed by atoms with Crippen LogP contribution in [0.15, 0.2) is 18.2 Å². The zero-order valence-electron chi connectivity index (χ0n) is 21.6. The Labute approximate surface area is 222 Å². The number of H-pyrrole nitrogens is 1. The third-order valence-electron chi connectivity index (χ3n) is 6.77. The molecule has 9 nitrogen and oxygen atoms in total. The molecule has 200 valence electrons. The van der Waals surface area contributed by atoms with Crippen LogP contribution in [-0.4, -0.2) is 65.1 Å². The summed E-state index contributed by atoms with van der Waals surface area (Å²) in [5, 5.41) is 13.8. The van der Waals surface area contributed by atoms with E-state index < -0.39 is 0 Å². The van der Waals surface area contributed by atoms with Crippen molar-refractivity contribution in [3.8, 4) is 5.75 Å². The maximum atomic E-state index is 13.5. The largest absolute Gasteiger partial charge is 0.491 e. The molecule has 3 N–H and O–H groups in total. The summed E-state index contributed by atoms with van der Waals surface area (Å²) in [7, 11) is 0. The predicted molar refractivity (Wildman–Crippen MR) is 141 cm³/mol. The van der Waals surface area contributed by atoms with E-state index in [0.717, 1.165) is 36.9 Å². The van der Waals surface area contributed by atoms with Crippen LogP contribution in [0.1, 0.15) is 78.1 Å². The molecule has 0 radical (unpaired) electrons. The molecule has 0 bridgehead atoms. The van der Waals surface area contributed by atoms with Gasteiger partial charge in [0.1, 0.15) is 12.4 Å². The summed E-state index contributed by atoms with van der Waals surface area (Å²) in [5.41, 5.74) is 2.77. The van der Waals surface area contributed by atoms with Gasteiger partial charge in [0.05, 0.1) is 18.2 Å². The highest BCUT2D eigenvalue weighted by molar-refractivity contribution is 6.31. The minimum Gasteiger partial charge on any atom is -0.491 e. The van der Waals surface area contributed by atoms with E-state index >= 15 is 0 Å². The first-order chi connectivity index (χ1) is 17.8. The molecule has 2 aromatic rings. The first-order valence-electron chi connectivity index (χ1n) is 13.2. The number of ether oxygens (including phenoxy) is 1. The van der Waals surface area contributed by atoms with E-state index in [1.54, 1.807) is 23.1 Å². The summed E-state index contributed by atoms with van der Waals surface area (Å²) in [6, 6.07) is 4.65. The molecular formula is C27H36ClN5O4. The maximum Gasteiger partial charge on any atom is 0.275 e. The van der Waals surface area contributed by atoms with E-state index in [-0.39, 0.29) is 36.9 Å². The van der Waals surface area contributed by atoms with Gasteiger partial charge < -0.3 is 20.3 Å². The van der Waals surface area contributed by atoms with Gasteiger partial charge in [-0.25, -0.2) is 0 Å². The van der Waals surface area contributed by atoms with Gasteiger partial charge in [-0.15, -0.1) is 0 Å². The van der Waals surface area contributed by atoms with Crippen molar-refractivity contribution in [1.82, 2.24) is 25.7 Å². The van der Waals surface area contributed by atoms with Crippen molar-refractivity contribution in [2.24, 2.45) is 5.92 Å². The number of fused-ring (bicyclic) bond motifs is 2. The third kappa shape index (κ3) is 7.03. The number of aryl methyl sites for hydroxylation is 1. The molecule has 1 aliphatic heterocycles. The number of hydrogen-bond acceptors (Lipinski definition) is 5. The predicted octanol–water partition coefficient (Wildman–Crippen LogP) is 3.52. The van der Waals surface area contributed by atoms with Gasteiger partial charge in [0, 0.05) is 29.4 Å². The average Bonchev–Trinajstić information content (AvgIpc) is 3.29. The Morgan fingerprint density at radius 2 is 2.00 bits per heavy atom. The number of amides is 3. The number of hydrogen-bond donors (Lipinski definition) is 3. The van der Waals surface area contributed by atoms with Gasteiger partial charge in [-0.05, 0) is 69.1 Å². The molecule has 1 aromatic heterocycles. The second kappa shape index (κ2) is 12.4. The number of carbonyl (C=O) groups is 3. The Kier molecular flexibility index (Phi) is 9.08. The standard InChI is InChI=1S/C27H36ClN5O4/c1-17(2)13-19-16-37-23-10-9-18(28)14-21(23)26(35)29-11-5-6-12-33(15-24(34)30-19)27(36)25-20-7-3-4-8-22(20)31-32-25/h9-10,14,17,19H,3-8,11-13,15-16H2,1-2H3,(H,29,35)(H,30,34)(H,31,32)/t19-/m0/s1. The minimum absolute atomic E-state index is 0.0619. The highest BCUT2D eigenvalue weighted by atomic mass is 35.5. The highest BCUT2D eigenvalue weighted by Gasteiger charge is 2.28. The lowest BCUT2D eigenvalue weighted by Gasteiger charge is -2.25. The van der Waals surface area contributed by atoms with Crippen LogP contribution in [-0.2, 0) is 17.6 Å². The van der Waals surface area contributed by atoms with Crippen molar-refractivity contribution in [2.75, 3.05) is 26.2 Å². The zero-order chi connectivity index (χ0) is 26.4. The van der Waals surface area contributed by atoms with Gasteiger partial charge in [0.2, 0.25) is 5.91 Å². The summed E-state index contributed by atoms with van der Waals surface area (Å²) in [6.07, 6.45) is 5.76. The van der Waals surface area contributed by atoms with Crippen LogP contribution in [0.25, 0.3) is 0 Å². The molecule has 0 saturated heterocycles. The molecule has 10 heteroatoms. The Balaban J connectivity index is 1.55. The summed E-state index contributed by atoms with van der Waals surface area (Å²) in [6.45, 7) is 5.07. The van der Waals surface area contributed by atoms with Crippen LogP contribution in [0.2, 0.25) is 5.02 Å². The number of rotatable bonds is 3. The number of nitrogens with one attached hydrogen (secondary N) is 3. The molecule has 4 rings (SSSR count). The van der Waals surface area contributed by atoms with Crippen molar-refractivity contribution in [3.05, 3.63) is 45.7 Å². The second-order valence-corrected chi connectivity index (χ2v) is 10.7. The number of carbonyl (C=O) groups excluding carboxylic acids is 3. The topological polar surface area (TPSA) is 116 Å². The van der Waals surface area contributed by atoms with Gasteiger partial charge in [-0.1, -0.05) is 25.4 Å². The van der Waals surface area contributed by atoms with Gasteiger partial charge in [0.25, 0.3) is 11.8 Å². The van der Waals surface area contributed by atoms with Crippen LogP contribution >= 0.6 is 11.6 Å². The van der Waals surface area contributed by atoms with Crippen molar-refractivity contribution >= 4 is 29.3 Å². The van der Waals surface area contributed by atoms with E-state index in [1.807, 2.05) is 0 Å². The Morgan fingerprint density at radius 3 is 2.81 bits per heavy atom. The van der Waals surface area contributed by atoms with Crippen molar-refractivity contribution in [3.63, 3.8) is 0 Å². The van der Waals surface area contributed by atoms with E-state index in [4.69, 9.17) is 16.3 Å². The fourth-order valence-corrected chi connectivity index (χ4v) is 5.14. The minimum atomic E-state index is -0.292. The van der Waals surface area contributed by atoms with Crippen LogP contribution in [0.4, 0.5) is 0 Å². The third-order valence-corrected chi connectivity index (χ3v) is 7.00. The first-order valence-corrected chi connectivity index (χ1v) is 13.5. The second-order valence-electron chi connectivity index (χ2n) is 10.3. The summed E-state index contributed by atoms with van der Waals surface area (Å²) < 4.78 is 6.02. The summed E-state index contributed by atoms with van der Waals surface area (Å²) in [4.78, 5) is 41.1. The lowest BCUT2D eigenvalue weighted by atomic mass is 9.95. The Hall–Kier alpha value is -3.07. The van der Waals surface area contributed by atoms with E-state index in [0.29, 0.717) is 60.3 Å². The first kappa shape index (κ1) is 27.0. The summed E-state index contributed by atoms with van der Waals surface area (Å²) >= 11 is 6.15. The van der Waals surface area contributed by atoms with Gasteiger partial charge in [0.15, 0.2) is 5.69 Å². The van der Waals surface area contributed by atoms with Crippen LogP contribution in [0.5, 0.6) is 5.75 Å². The lowest BCUT2D eigenvalue weighted by Crippen LogP contribution is -2.47. The van der Waals surface area contributed by atoms with Gasteiger partial charge in [-0.3, -0.25) is 19.5 Å².